The lowest BCUT2D eigenvalue weighted by Crippen LogP contribution is -2.47. The van der Waals surface area contributed by atoms with Crippen LogP contribution in [-0.2, 0) is 16.0 Å². The Morgan fingerprint density at radius 3 is 2.63 bits per heavy atom. The molecule has 2 aromatic rings. The van der Waals surface area contributed by atoms with Crippen molar-refractivity contribution in [1.82, 2.24) is 15.2 Å². The highest BCUT2D eigenvalue weighted by atomic mass is 16.2. The molecule has 1 aliphatic heterocycles. The molecule has 1 aromatic heterocycles. The van der Waals surface area contributed by atoms with E-state index in [0.29, 0.717) is 12.5 Å². The van der Waals surface area contributed by atoms with Gasteiger partial charge in [0.25, 0.3) is 0 Å². The van der Waals surface area contributed by atoms with Crippen molar-refractivity contribution in [3.8, 4) is 0 Å². The van der Waals surface area contributed by atoms with Crippen molar-refractivity contribution in [1.29, 1.82) is 0 Å². The highest BCUT2D eigenvalue weighted by molar-refractivity contribution is 5.89. The molecule has 0 saturated heterocycles. The molecule has 0 aliphatic carbocycles. The predicted molar refractivity (Wildman–Crippen MR) is 108 cm³/mol. The minimum Gasteiger partial charge on any atom is -0.356 e. The Kier molecular flexibility index (Phi) is 5.31. The molecular formula is C22H31N3O2. The van der Waals surface area contributed by atoms with Crippen LogP contribution in [0.25, 0.3) is 10.9 Å². The number of carbonyl (C=O) groups excluding carboxylic acids is 2. The lowest BCUT2D eigenvalue weighted by molar-refractivity contribution is -0.137. The highest BCUT2D eigenvalue weighted by Gasteiger charge is 2.34. The van der Waals surface area contributed by atoms with E-state index in [1.54, 1.807) is 0 Å². The number of carbonyl (C=O) groups is 2. The molecule has 5 heteroatoms. The summed E-state index contributed by atoms with van der Waals surface area (Å²) in [5.74, 6) is 0.356. The summed E-state index contributed by atoms with van der Waals surface area (Å²) in [6.07, 6.45) is 1.74. The van der Waals surface area contributed by atoms with E-state index in [9.17, 15) is 9.59 Å². The van der Waals surface area contributed by atoms with Crippen LogP contribution in [0.15, 0.2) is 24.3 Å². The van der Waals surface area contributed by atoms with Crippen LogP contribution in [-0.4, -0.2) is 34.8 Å². The first-order valence-corrected chi connectivity index (χ1v) is 9.85. The van der Waals surface area contributed by atoms with E-state index in [1.165, 1.54) is 10.9 Å². The molecule has 2 N–H and O–H groups in total. The molecule has 0 spiro atoms. The molecule has 0 radical (unpaired) electrons. The van der Waals surface area contributed by atoms with Gasteiger partial charge in [-0.25, -0.2) is 0 Å². The number of aromatic nitrogens is 1. The molecule has 3 rings (SSSR count). The third kappa shape index (κ3) is 4.02. The van der Waals surface area contributed by atoms with E-state index >= 15 is 0 Å². The van der Waals surface area contributed by atoms with Gasteiger partial charge in [-0.05, 0) is 30.4 Å². The molecule has 0 saturated carbocycles. The smallest absolute Gasteiger partial charge is 0.242 e. The third-order valence-corrected chi connectivity index (χ3v) is 5.26. The van der Waals surface area contributed by atoms with Crippen LogP contribution in [0.2, 0.25) is 0 Å². The molecule has 2 heterocycles. The van der Waals surface area contributed by atoms with E-state index in [0.717, 1.165) is 24.1 Å². The van der Waals surface area contributed by atoms with E-state index in [4.69, 9.17) is 0 Å². The minimum atomic E-state index is -0.496. The topological polar surface area (TPSA) is 65.2 Å². The van der Waals surface area contributed by atoms with Gasteiger partial charge in [-0.3, -0.25) is 9.59 Å². The summed E-state index contributed by atoms with van der Waals surface area (Å²) in [7, 11) is 0. The zero-order valence-corrected chi connectivity index (χ0v) is 17.1. The van der Waals surface area contributed by atoms with Gasteiger partial charge in [-0.2, -0.15) is 0 Å². The largest absolute Gasteiger partial charge is 0.356 e. The fraction of sp³-hybridized carbons (Fsp3) is 0.545. The summed E-state index contributed by atoms with van der Waals surface area (Å²) in [5, 5.41) is 4.06. The number of rotatable bonds is 4. The summed E-state index contributed by atoms with van der Waals surface area (Å²) < 4.78 is 0. The molecule has 0 bridgehead atoms. The molecule has 0 fully saturated rings. The van der Waals surface area contributed by atoms with Crippen LogP contribution in [0.4, 0.5) is 0 Å². The van der Waals surface area contributed by atoms with E-state index in [2.05, 4.69) is 42.3 Å². The lowest BCUT2D eigenvalue weighted by atomic mass is 9.91. The number of hydrogen-bond donors (Lipinski definition) is 2. The number of fused-ring (bicyclic) bond motifs is 3. The van der Waals surface area contributed by atoms with Crippen molar-refractivity contribution in [2.24, 2.45) is 11.3 Å². The van der Waals surface area contributed by atoms with E-state index in [1.807, 2.05) is 31.7 Å². The number of benzene rings is 1. The Bertz CT molecular complexity index is 845. The zero-order chi connectivity index (χ0) is 19.8. The Balaban J connectivity index is 1.85. The third-order valence-electron chi connectivity index (χ3n) is 5.26. The van der Waals surface area contributed by atoms with E-state index in [-0.39, 0.29) is 24.4 Å². The van der Waals surface area contributed by atoms with Crippen molar-refractivity contribution in [2.75, 3.05) is 13.1 Å². The standard InChI is InChI=1S/C22H31N3O2/c1-14(2)12-18-20-16(15-8-6-7-9-17(15)24-20)10-11-25(18)19(26)13-23-21(27)22(3,4)5/h6-9,14,18,24H,10-13H2,1-5H3,(H,23,27). The minimum absolute atomic E-state index is 0.0115. The van der Waals surface area contributed by atoms with Crippen LogP contribution in [0.1, 0.15) is 58.3 Å². The number of H-pyrrole nitrogens is 1. The summed E-state index contributed by atoms with van der Waals surface area (Å²) in [6.45, 7) is 10.7. The number of amides is 2. The van der Waals surface area contributed by atoms with Crippen molar-refractivity contribution in [2.45, 2.75) is 53.5 Å². The van der Waals surface area contributed by atoms with Crippen LogP contribution < -0.4 is 5.32 Å². The van der Waals surface area contributed by atoms with Crippen LogP contribution in [0.5, 0.6) is 0 Å². The predicted octanol–water partition coefficient (Wildman–Crippen LogP) is 3.80. The first kappa shape index (κ1) is 19.5. The molecule has 1 aliphatic rings. The molecule has 2 amide bonds. The SMILES string of the molecule is CC(C)CC1c2[nH]c3ccccc3c2CCN1C(=O)CNC(=O)C(C)(C)C. The second-order valence-electron chi connectivity index (χ2n) is 8.98. The monoisotopic (exact) mass is 369 g/mol. The quantitative estimate of drug-likeness (QED) is 0.861. The molecule has 146 valence electrons. The van der Waals surface area contributed by atoms with Crippen molar-refractivity contribution < 1.29 is 9.59 Å². The van der Waals surface area contributed by atoms with Gasteiger partial charge >= 0.3 is 0 Å². The second-order valence-corrected chi connectivity index (χ2v) is 8.98. The van der Waals surface area contributed by atoms with Crippen LogP contribution >= 0.6 is 0 Å². The van der Waals surface area contributed by atoms with Crippen molar-refractivity contribution in [3.05, 3.63) is 35.5 Å². The van der Waals surface area contributed by atoms with Gasteiger partial charge in [-0.1, -0.05) is 52.8 Å². The summed E-state index contributed by atoms with van der Waals surface area (Å²) >= 11 is 0. The van der Waals surface area contributed by atoms with Gasteiger partial charge in [0.05, 0.1) is 12.6 Å². The van der Waals surface area contributed by atoms with Crippen LogP contribution in [0, 0.1) is 11.3 Å². The van der Waals surface area contributed by atoms with Crippen molar-refractivity contribution in [3.63, 3.8) is 0 Å². The molecule has 27 heavy (non-hydrogen) atoms. The van der Waals surface area contributed by atoms with Gasteiger partial charge in [-0.15, -0.1) is 0 Å². The maximum absolute atomic E-state index is 12.9. The first-order valence-electron chi connectivity index (χ1n) is 9.85. The number of hydrogen-bond acceptors (Lipinski definition) is 2. The molecule has 1 unspecified atom stereocenters. The number of aromatic amines is 1. The maximum Gasteiger partial charge on any atom is 0.242 e. The fourth-order valence-electron chi connectivity index (χ4n) is 3.83. The zero-order valence-electron chi connectivity index (χ0n) is 17.1. The maximum atomic E-state index is 12.9. The van der Waals surface area contributed by atoms with Crippen LogP contribution in [0.3, 0.4) is 0 Å². The molecule has 1 aromatic carbocycles. The van der Waals surface area contributed by atoms with E-state index < -0.39 is 5.41 Å². The Labute approximate surface area is 161 Å². The molecule has 1 atom stereocenters. The van der Waals surface area contributed by atoms with Gasteiger partial charge in [0.15, 0.2) is 0 Å². The number of para-hydroxylation sites is 1. The second kappa shape index (κ2) is 7.37. The Morgan fingerprint density at radius 2 is 1.96 bits per heavy atom. The number of nitrogens with one attached hydrogen (secondary N) is 2. The fourth-order valence-corrected chi connectivity index (χ4v) is 3.83. The lowest BCUT2D eigenvalue weighted by Gasteiger charge is -2.37. The summed E-state index contributed by atoms with van der Waals surface area (Å²) in [6, 6.07) is 8.37. The highest BCUT2D eigenvalue weighted by Crippen LogP contribution is 2.37. The summed E-state index contributed by atoms with van der Waals surface area (Å²) in [4.78, 5) is 30.6. The molecule has 5 nitrogen and oxygen atoms in total. The van der Waals surface area contributed by atoms with Gasteiger partial charge in [0.2, 0.25) is 11.8 Å². The first-order chi connectivity index (χ1) is 12.7. The summed E-state index contributed by atoms with van der Waals surface area (Å²) in [5.41, 5.74) is 3.13. The average molecular weight is 370 g/mol. The Hall–Kier alpha value is -2.30. The van der Waals surface area contributed by atoms with Crippen molar-refractivity contribution >= 4 is 22.7 Å². The number of nitrogens with zero attached hydrogens (tertiary/aromatic N) is 1. The van der Waals surface area contributed by atoms with Gasteiger partial charge < -0.3 is 15.2 Å². The normalized spacial score (nSPS) is 17.3. The Morgan fingerprint density at radius 1 is 1.26 bits per heavy atom. The van der Waals surface area contributed by atoms with Gasteiger partial charge in [0.1, 0.15) is 0 Å². The molecular weight excluding hydrogens is 338 g/mol. The van der Waals surface area contributed by atoms with Gasteiger partial charge in [0, 0.05) is 28.6 Å². The average Bonchev–Trinajstić information content (AvgIpc) is 2.97.